The van der Waals surface area contributed by atoms with Gasteiger partial charge in [0.2, 0.25) is 0 Å². The summed E-state index contributed by atoms with van der Waals surface area (Å²) in [5.41, 5.74) is 0.649. The molecule has 0 radical (unpaired) electrons. The van der Waals surface area contributed by atoms with E-state index in [1.807, 2.05) is 6.92 Å². The predicted octanol–water partition coefficient (Wildman–Crippen LogP) is 3.94. The van der Waals surface area contributed by atoms with E-state index < -0.39 is 56.9 Å². The average Bonchev–Trinajstić information content (AvgIpc) is 3.69. The highest BCUT2D eigenvalue weighted by molar-refractivity contribution is 7.87. The van der Waals surface area contributed by atoms with E-state index in [-0.39, 0.29) is 39.3 Å². The molecular weight excluding hydrogens is 590 g/mol. The average molecular weight is 618 g/mol. The standard InChI is InChI=1S/C31H27N3O9S/c1-18-2-14-25(15-3-18)44(41,42)43-24-12-8-19(9-13-24)26(35)17-32(29(36)20-6-10-23(11-7-20)34(39)40)33-30(37)27-21-4-5-22(16-21)28(27)31(33)38/h2-3,6-15,21-22,27-28H,4-5,16-17H2,1H3/t21-,22-,27-,28-/m0/s1. The Hall–Kier alpha value is -4.91. The lowest BCUT2D eigenvalue weighted by Gasteiger charge is -2.30. The number of fused-ring (bicyclic) bond motifs is 5. The molecule has 3 aliphatic rings. The van der Waals surface area contributed by atoms with Crippen LogP contribution in [0.2, 0.25) is 0 Å². The van der Waals surface area contributed by atoms with Gasteiger partial charge in [-0.05, 0) is 86.6 Å². The highest BCUT2D eigenvalue weighted by Crippen LogP contribution is 2.56. The number of nitro groups is 1. The van der Waals surface area contributed by atoms with Crippen molar-refractivity contribution >= 4 is 39.3 Å². The van der Waals surface area contributed by atoms with Crippen LogP contribution in [-0.2, 0) is 19.7 Å². The molecule has 3 aromatic rings. The first-order chi connectivity index (χ1) is 20.9. The van der Waals surface area contributed by atoms with Crippen LogP contribution in [0.1, 0.15) is 45.5 Å². The molecule has 13 heteroatoms. The van der Waals surface area contributed by atoms with Gasteiger partial charge in [-0.2, -0.15) is 13.4 Å². The Balaban J connectivity index is 1.25. The van der Waals surface area contributed by atoms with Crippen LogP contribution in [0, 0.1) is 40.7 Å². The normalized spacial score (nSPS) is 22.2. The van der Waals surface area contributed by atoms with Gasteiger partial charge >= 0.3 is 10.1 Å². The molecule has 0 unspecified atom stereocenters. The number of hydrazine groups is 1. The Labute approximate surface area is 252 Å². The lowest BCUT2D eigenvalue weighted by molar-refractivity contribution is -0.384. The summed E-state index contributed by atoms with van der Waals surface area (Å²) in [6, 6.07) is 16.0. The van der Waals surface area contributed by atoms with Crippen LogP contribution < -0.4 is 4.18 Å². The molecular formula is C31H27N3O9S. The van der Waals surface area contributed by atoms with E-state index in [1.165, 1.54) is 48.5 Å². The number of nitrogens with zero attached hydrogens (tertiary/aromatic N) is 3. The van der Waals surface area contributed by atoms with Crippen molar-refractivity contribution in [1.82, 2.24) is 10.0 Å². The van der Waals surface area contributed by atoms with Crippen molar-refractivity contribution in [3.05, 3.63) is 99.6 Å². The van der Waals surface area contributed by atoms with Gasteiger partial charge in [-0.15, -0.1) is 0 Å². The summed E-state index contributed by atoms with van der Waals surface area (Å²) in [4.78, 5) is 64.7. The van der Waals surface area contributed by atoms with Gasteiger partial charge in [-0.3, -0.25) is 29.3 Å². The van der Waals surface area contributed by atoms with Crippen molar-refractivity contribution in [2.45, 2.75) is 31.1 Å². The number of benzene rings is 3. The minimum atomic E-state index is -4.13. The zero-order valence-electron chi connectivity index (χ0n) is 23.5. The van der Waals surface area contributed by atoms with Crippen molar-refractivity contribution in [2.75, 3.05) is 6.54 Å². The van der Waals surface area contributed by atoms with Gasteiger partial charge in [0.15, 0.2) is 5.78 Å². The molecule has 2 bridgehead atoms. The second-order valence-electron chi connectivity index (χ2n) is 11.3. The number of imide groups is 1. The number of ketones is 1. The summed E-state index contributed by atoms with van der Waals surface area (Å²) in [6.07, 6.45) is 2.42. The van der Waals surface area contributed by atoms with E-state index in [9.17, 15) is 37.7 Å². The van der Waals surface area contributed by atoms with Crippen molar-refractivity contribution < 1.29 is 36.7 Å². The molecule has 1 aliphatic heterocycles. The molecule has 12 nitrogen and oxygen atoms in total. The molecule has 1 heterocycles. The molecule has 2 saturated carbocycles. The number of Topliss-reactive ketones (excluding diaryl/α,β-unsaturated/α-hetero) is 1. The summed E-state index contributed by atoms with van der Waals surface area (Å²) in [5.74, 6) is -3.58. The van der Waals surface area contributed by atoms with E-state index in [4.69, 9.17) is 4.18 Å². The Morgan fingerprint density at radius 2 is 1.43 bits per heavy atom. The summed E-state index contributed by atoms with van der Waals surface area (Å²) in [7, 11) is -4.13. The molecule has 2 aliphatic carbocycles. The van der Waals surface area contributed by atoms with Gasteiger partial charge in [0.05, 0.1) is 16.8 Å². The van der Waals surface area contributed by atoms with Crippen LogP contribution in [0.25, 0.3) is 0 Å². The van der Waals surface area contributed by atoms with Crippen LogP contribution in [0.3, 0.4) is 0 Å². The number of non-ortho nitro benzene ring substituents is 1. The molecule has 1 saturated heterocycles. The number of amides is 3. The summed E-state index contributed by atoms with van der Waals surface area (Å²) in [6.45, 7) is 1.14. The molecule has 226 valence electrons. The lowest BCUT2D eigenvalue weighted by Crippen LogP contribution is -2.52. The Morgan fingerprint density at radius 1 is 0.886 bits per heavy atom. The zero-order valence-corrected chi connectivity index (χ0v) is 24.3. The fourth-order valence-electron chi connectivity index (χ4n) is 6.54. The number of carbonyl (C=O) groups excluding carboxylic acids is 4. The highest BCUT2D eigenvalue weighted by Gasteiger charge is 2.62. The first-order valence-electron chi connectivity index (χ1n) is 14.0. The number of rotatable bonds is 9. The van der Waals surface area contributed by atoms with Crippen LogP contribution >= 0.6 is 0 Å². The van der Waals surface area contributed by atoms with Crippen LogP contribution in [-0.4, -0.2) is 53.4 Å². The van der Waals surface area contributed by atoms with Gasteiger partial charge in [0, 0.05) is 23.3 Å². The van der Waals surface area contributed by atoms with Gasteiger partial charge in [0.25, 0.3) is 23.4 Å². The molecule has 3 amide bonds. The molecule has 0 aromatic heterocycles. The Bertz CT molecular complexity index is 1760. The van der Waals surface area contributed by atoms with Crippen LogP contribution in [0.5, 0.6) is 5.75 Å². The highest BCUT2D eigenvalue weighted by atomic mass is 32.2. The van der Waals surface area contributed by atoms with E-state index in [0.29, 0.717) is 0 Å². The smallest absolute Gasteiger partial charge is 0.339 e. The maximum atomic E-state index is 13.7. The van der Waals surface area contributed by atoms with E-state index in [1.54, 1.807) is 12.1 Å². The number of hydrogen-bond donors (Lipinski definition) is 0. The topological polar surface area (TPSA) is 161 Å². The second-order valence-corrected chi connectivity index (χ2v) is 12.9. The molecule has 4 atom stereocenters. The molecule has 6 rings (SSSR count). The third kappa shape index (κ3) is 5.12. The number of hydrogen-bond acceptors (Lipinski definition) is 9. The molecule has 3 aromatic carbocycles. The zero-order chi connectivity index (χ0) is 31.3. The van der Waals surface area contributed by atoms with Crippen LogP contribution in [0.15, 0.2) is 77.7 Å². The van der Waals surface area contributed by atoms with Crippen molar-refractivity contribution in [3.8, 4) is 5.75 Å². The van der Waals surface area contributed by atoms with Gasteiger partial charge in [-0.25, -0.2) is 5.01 Å². The van der Waals surface area contributed by atoms with Crippen molar-refractivity contribution in [1.29, 1.82) is 0 Å². The van der Waals surface area contributed by atoms with E-state index in [0.717, 1.165) is 47.0 Å². The molecule has 0 N–H and O–H groups in total. The summed E-state index contributed by atoms with van der Waals surface area (Å²) < 4.78 is 30.5. The second kappa shape index (κ2) is 11.0. The quantitative estimate of drug-likeness (QED) is 0.114. The largest absolute Gasteiger partial charge is 0.379 e. The monoisotopic (exact) mass is 617 g/mol. The fourth-order valence-corrected chi connectivity index (χ4v) is 7.47. The van der Waals surface area contributed by atoms with Crippen molar-refractivity contribution in [3.63, 3.8) is 0 Å². The van der Waals surface area contributed by atoms with Gasteiger partial charge < -0.3 is 4.18 Å². The summed E-state index contributed by atoms with van der Waals surface area (Å²) in [5, 5.41) is 12.7. The predicted molar refractivity (Wildman–Crippen MR) is 154 cm³/mol. The van der Waals surface area contributed by atoms with Gasteiger partial charge in [0.1, 0.15) is 17.2 Å². The summed E-state index contributed by atoms with van der Waals surface area (Å²) >= 11 is 0. The Kier molecular flexibility index (Phi) is 7.28. The minimum absolute atomic E-state index is 0.0400. The third-order valence-corrected chi connectivity index (χ3v) is 9.95. The first kappa shape index (κ1) is 29.2. The van der Waals surface area contributed by atoms with E-state index in [2.05, 4.69) is 0 Å². The minimum Gasteiger partial charge on any atom is -0.379 e. The first-order valence-corrected chi connectivity index (χ1v) is 15.4. The van der Waals surface area contributed by atoms with Crippen LogP contribution in [0.4, 0.5) is 5.69 Å². The fraction of sp³-hybridized carbons (Fsp3) is 0.290. The number of carbonyl (C=O) groups is 4. The lowest BCUT2D eigenvalue weighted by atomic mass is 9.81. The van der Waals surface area contributed by atoms with Gasteiger partial charge in [-0.1, -0.05) is 17.7 Å². The number of aryl methyl sites for hydroxylation is 1. The third-order valence-electron chi connectivity index (χ3n) is 8.69. The maximum Gasteiger partial charge on any atom is 0.339 e. The Morgan fingerprint density at radius 3 is 1.98 bits per heavy atom. The van der Waals surface area contributed by atoms with E-state index >= 15 is 0 Å². The molecule has 0 spiro atoms. The molecule has 3 fully saturated rings. The van der Waals surface area contributed by atoms with Crippen molar-refractivity contribution in [2.24, 2.45) is 23.7 Å². The SMILES string of the molecule is Cc1ccc(S(=O)(=O)Oc2ccc(C(=O)CN(C(=O)c3ccc([N+](=O)[O-])cc3)N3C(=O)[C@H]4[C@H]5CC[C@@H](C5)[C@@H]4C3=O)cc2)cc1. The number of nitro benzene ring substituents is 1. The molecule has 44 heavy (non-hydrogen) atoms. The maximum absolute atomic E-state index is 13.7.